The summed E-state index contributed by atoms with van der Waals surface area (Å²) in [6.45, 7) is 0.146. The quantitative estimate of drug-likeness (QED) is 0.599. The molecule has 27 heavy (non-hydrogen) atoms. The third kappa shape index (κ3) is 5.12. The minimum Gasteiger partial charge on any atom is -0.497 e. The lowest BCUT2D eigenvalue weighted by atomic mass is 10.1. The highest BCUT2D eigenvalue weighted by molar-refractivity contribution is 6.01. The van der Waals surface area contributed by atoms with E-state index in [9.17, 15) is 9.90 Å². The van der Waals surface area contributed by atoms with Gasteiger partial charge in [-0.05, 0) is 35.7 Å². The molecule has 1 atom stereocenters. The van der Waals surface area contributed by atoms with E-state index in [0.29, 0.717) is 5.75 Å². The van der Waals surface area contributed by atoms with Gasteiger partial charge in [-0.1, -0.05) is 36.4 Å². The maximum atomic E-state index is 12.1. The summed E-state index contributed by atoms with van der Waals surface area (Å²) in [5.41, 5.74) is 0.717. The van der Waals surface area contributed by atoms with Crippen LogP contribution in [0.4, 0.5) is 10.5 Å². The molecule has 0 aromatic heterocycles. The van der Waals surface area contributed by atoms with Crippen LogP contribution in [0.3, 0.4) is 0 Å². The first-order valence-corrected chi connectivity index (χ1v) is 8.63. The van der Waals surface area contributed by atoms with Crippen molar-refractivity contribution in [1.82, 2.24) is 5.32 Å². The first-order chi connectivity index (χ1) is 13.2. The second-order valence-electron chi connectivity index (χ2n) is 6.00. The van der Waals surface area contributed by atoms with Crippen LogP contribution < -0.4 is 20.1 Å². The van der Waals surface area contributed by atoms with E-state index in [0.717, 1.165) is 22.2 Å². The predicted molar refractivity (Wildman–Crippen MR) is 105 cm³/mol. The van der Waals surface area contributed by atoms with Crippen LogP contribution in [-0.4, -0.2) is 37.5 Å². The number of benzene rings is 3. The van der Waals surface area contributed by atoms with Crippen molar-refractivity contribution in [3.05, 3.63) is 66.7 Å². The van der Waals surface area contributed by atoms with E-state index in [2.05, 4.69) is 10.6 Å². The van der Waals surface area contributed by atoms with Gasteiger partial charge in [0.25, 0.3) is 0 Å². The molecular weight excluding hydrogens is 344 g/mol. The van der Waals surface area contributed by atoms with Crippen molar-refractivity contribution < 1.29 is 19.4 Å². The summed E-state index contributed by atoms with van der Waals surface area (Å²) in [4.78, 5) is 12.1. The molecule has 3 aromatic rings. The molecule has 2 amide bonds. The van der Waals surface area contributed by atoms with Crippen molar-refractivity contribution in [3.63, 3.8) is 0 Å². The van der Waals surface area contributed by atoms with E-state index >= 15 is 0 Å². The molecule has 3 aromatic carbocycles. The van der Waals surface area contributed by atoms with Crippen molar-refractivity contribution in [2.75, 3.05) is 25.6 Å². The molecule has 140 valence electrons. The normalized spacial score (nSPS) is 11.6. The lowest BCUT2D eigenvalue weighted by molar-refractivity contribution is 0.108. The Morgan fingerprint density at radius 2 is 1.70 bits per heavy atom. The summed E-state index contributed by atoms with van der Waals surface area (Å²) in [7, 11) is 1.59. The number of carbonyl (C=O) groups excluding carboxylic acids is 1. The molecule has 0 bridgehead atoms. The van der Waals surface area contributed by atoms with E-state index < -0.39 is 6.10 Å². The minimum absolute atomic E-state index is 0.0703. The fraction of sp³-hybridized carbons (Fsp3) is 0.190. The zero-order valence-corrected chi connectivity index (χ0v) is 15.0. The Hall–Kier alpha value is -3.25. The zero-order chi connectivity index (χ0) is 19.1. The van der Waals surface area contributed by atoms with Gasteiger partial charge in [-0.2, -0.15) is 0 Å². The molecule has 6 nitrogen and oxygen atoms in total. The zero-order valence-electron chi connectivity index (χ0n) is 15.0. The molecule has 6 heteroatoms. The highest BCUT2D eigenvalue weighted by Crippen LogP contribution is 2.22. The second kappa shape index (κ2) is 8.91. The number of anilines is 1. The topological polar surface area (TPSA) is 79.8 Å². The Kier molecular flexibility index (Phi) is 6.12. The van der Waals surface area contributed by atoms with Crippen LogP contribution in [0, 0.1) is 0 Å². The average Bonchev–Trinajstić information content (AvgIpc) is 2.71. The smallest absolute Gasteiger partial charge is 0.319 e. The summed E-state index contributed by atoms with van der Waals surface area (Å²) in [6.07, 6.45) is -0.828. The Morgan fingerprint density at radius 1 is 1.00 bits per heavy atom. The fourth-order valence-electron chi connectivity index (χ4n) is 2.63. The summed E-state index contributed by atoms with van der Waals surface area (Å²) >= 11 is 0. The van der Waals surface area contributed by atoms with Crippen LogP contribution in [0.5, 0.6) is 11.5 Å². The summed E-state index contributed by atoms with van der Waals surface area (Å²) in [5.74, 6) is 1.35. The van der Waals surface area contributed by atoms with E-state index in [1.807, 2.05) is 42.5 Å². The van der Waals surface area contributed by atoms with Gasteiger partial charge < -0.3 is 25.2 Å². The fourth-order valence-corrected chi connectivity index (χ4v) is 2.63. The number of urea groups is 1. The lowest BCUT2D eigenvalue weighted by Crippen LogP contribution is -2.37. The second-order valence-corrected chi connectivity index (χ2v) is 6.00. The number of rotatable bonds is 7. The monoisotopic (exact) mass is 366 g/mol. The number of nitrogens with one attached hydrogen (secondary N) is 2. The van der Waals surface area contributed by atoms with Crippen molar-refractivity contribution in [1.29, 1.82) is 0 Å². The molecule has 0 aliphatic carbocycles. The van der Waals surface area contributed by atoms with Gasteiger partial charge in [-0.15, -0.1) is 0 Å². The summed E-state index contributed by atoms with van der Waals surface area (Å²) < 4.78 is 10.6. The molecule has 3 rings (SSSR count). The Morgan fingerprint density at radius 3 is 2.48 bits per heavy atom. The van der Waals surface area contributed by atoms with Crippen LogP contribution in [0.25, 0.3) is 10.8 Å². The molecule has 0 fully saturated rings. The first kappa shape index (κ1) is 18.5. The van der Waals surface area contributed by atoms with Gasteiger partial charge in [0, 0.05) is 11.9 Å². The molecule has 0 radical (unpaired) electrons. The minimum atomic E-state index is -0.828. The van der Waals surface area contributed by atoms with E-state index in [1.165, 1.54) is 0 Å². The number of hydrogen-bond donors (Lipinski definition) is 3. The third-order valence-corrected chi connectivity index (χ3v) is 4.04. The highest BCUT2D eigenvalue weighted by atomic mass is 16.5. The number of hydrogen-bond acceptors (Lipinski definition) is 4. The van der Waals surface area contributed by atoms with E-state index in [4.69, 9.17) is 9.47 Å². The first-order valence-electron chi connectivity index (χ1n) is 8.63. The standard InChI is InChI=1S/C21H22N2O4/c1-26-17-9-11-18(12-10-17)27-14-16(24)13-22-21(25)23-20-8-4-6-15-5-2-3-7-19(15)20/h2-12,16,24H,13-14H2,1H3,(H2,22,23,25)/t16-/m1/s1. The Labute approximate surface area is 157 Å². The highest BCUT2D eigenvalue weighted by Gasteiger charge is 2.09. The average molecular weight is 366 g/mol. The van der Waals surface area contributed by atoms with Crippen molar-refractivity contribution in [2.24, 2.45) is 0 Å². The number of carbonyl (C=O) groups is 1. The van der Waals surface area contributed by atoms with Crippen LogP contribution in [0.2, 0.25) is 0 Å². The molecule has 0 heterocycles. The van der Waals surface area contributed by atoms with Gasteiger partial charge in [0.05, 0.1) is 12.8 Å². The number of methoxy groups -OCH3 is 1. The maximum Gasteiger partial charge on any atom is 0.319 e. The van der Waals surface area contributed by atoms with Gasteiger partial charge in [0.15, 0.2) is 0 Å². The SMILES string of the molecule is COc1ccc(OC[C@H](O)CNC(=O)Nc2cccc3ccccc23)cc1. The molecule has 0 aliphatic rings. The number of fused-ring (bicyclic) bond motifs is 1. The van der Waals surface area contributed by atoms with Crippen LogP contribution >= 0.6 is 0 Å². The van der Waals surface area contributed by atoms with Crippen LogP contribution in [0.15, 0.2) is 66.7 Å². The van der Waals surface area contributed by atoms with Crippen molar-refractivity contribution in [3.8, 4) is 11.5 Å². The largest absolute Gasteiger partial charge is 0.497 e. The Bertz CT molecular complexity index is 891. The van der Waals surface area contributed by atoms with E-state index in [-0.39, 0.29) is 19.2 Å². The molecule has 0 saturated heterocycles. The van der Waals surface area contributed by atoms with E-state index in [1.54, 1.807) is 31.4 Å². The Balaban J connectivity index is 1.46. The van der Waals surface area contributed by atoms with Gasteiger partial charge in [-0.3, -0.25) is 0 Å². The predicted octanol–water partition coefficient (Wildman–Crippen LogP) is 3.41. The van der Waals surface area contributed by atoms with Crippen molar-refractivity contribution in [2.45, 2.75) is 6.10 Å². The maximum absolute atomic E-state index is 12.1. The molecule has 0 saturated carbocycles. The number of aliphatic hydroxyl groups is 1. The summed E-state index contributed by atoms with van der Waals surface area (Å²) in [6, 6.07) is 20.2. The van der Waals surface area contributed by atoms with Gasteiger partial charge >= 0.3 is 6.03 Å². The van der Waals surface area contributed by atoms with Crippen LogP contribution in [0.1, 0.15) is 0 Å². The van der Waals surface area contributed by atoms with Gasteiger partial charge in [0.2, 0.25) is 0 Å². The molecule has 0 spiro atoms. The number of ether oxygens (including phenoxy) is 2. The molecule has 0 aliphatic heterocycles. The van der Waals surface area contributed by atoms with Crippen molar-refractivity contribution >= 4 is 22.5 Å². The van der Waals surface area contributed by atoms with Crippen LogP contribution in [-0.2, 0) is 0 Å². The number of aliphatic hydroxyl groups excluding tert-OH is 1. The third-order valence-electron chi connectivity index (χ3n) is 4.04. The molecule has 3 N–H and O–H groups in total. The molecular formula is C21H22N2O4. The summed E-state index contributed by atoms with van der Waals surface area (Å²) in [5, 5.41) is 17.5. The van der Waals surface area contributed by atoms with Gasteiger partial charge in [0.1, 0.15) is 24.2 Å². The van der Waals surface area contributed by atoms with Gasteiger partial charge in [-0.25, -0.2) is 4.79 Å². The lowest BCUT2D eigenvalue weighted by Gasteiger charge is -2.14. The number of amides is 2. The molecule has 0 unspecified atom stereocenters.